The fourth-order valence-corrected chi connectivity index (χ4v) is 1.55. The number of ether oxygens (including phenoxy) is 1. The quantitative estimate of drug-likeness (QED) is 0.687. The van der Waals surface area contributed by atoms with Crippen molar-refractivity contribution in [2.45, 2.75) is 19.4 Å². The third-order valence-electron chi connectivity index (χ3n) is 2.34. The zero-order valence-electron chi connectivity index (χ0n) is 7.71. The molecule has 14 heavy (non-hydrogen) atoms. The second-order valence-electron chi connectivity index (χ2n) is 3.37. The number of hydrogen-bond donors (Lipinski definition) is 1. The molecule has 0 spiro atoms. The molecule has 1 unspecified atom stereocenters. The van der Waals surface area contributed by atoms with Crippen molar-refractivity contribution in [2.24, 2.45) is 0 Å². The standard InChI is InChI=1S/C10H10FNO2/c1-5(13)9-4-6-7(11)2-3-8(12)10(6)14-9/h2-3,9H,4,12H2,1H3. The Hall–Kier alpha value is -1.58. The maximum Gasteiger partial charge on any atom is 0.170 e. The fraction of sp³-hybridized carbons (Fsp3) is 0.300. The summed E-state index contributed by atoms with van der Waals surface area (Å²) < 4.78 is 18.5. The van der Waals surface area contributed by atoms with Crippen molar-refractivity contribution < 1.29 is 13.9 Å². The first-order valence-corrected chi connectivity index (χ1v) is 4.33. The van der Waals surface area contributed by atoms with Gasteiger partial charge in [-0.25, -0.2) is 4.39 Å². The monoisotopic (exact) mass is 195 g/mol. The van der Waals surface area contributed by atoms with Crippen LogP contribution in [0, 0.1) is 5.82 Å². The Kier molecular flexibility index (Phi) is 1.91. The summed E-state index contributed by atoms with van der Waals surface area (Å²) in [5.74, 6) is -0.150. The molecule has 0 bridgehead atoms. The van der Waals surface area contributed by atoms with Gasteiger partial charge in [0.05, 0.1) is 5.69 Å². The number of nitrogens with two attached hydrogens (primary N) is 1. The molecule has 0 saturated carbocycles. The molecule has 4 heteroatoms. The molecule has 1 aliphatic rings. The maximum absolute atomic E-state index is 13.3. The number of anilines is 1. The summed E-state index contributed by atoms with van der Waals surface area (Å²) in [4.78, 5) is 11.0. The van der Waals surface area contributed by atoms with Crippen LogP contribution in [-0.2, 0) is 11.2 Å². The highest BCUT2D eigenvalue weighted by atomic mass is 19.1. The lowest BCUT2D eigenvalue weighted by Gasteiger charge is -2.06. The summed E-state index contributed by atoms with van der Waals surface area (Å²) in [6.45, 7) is 1.42. The zero-order valence-corrected chi connectivity index (χ0v) is 7.71. The van der Waals surface area contributed by atoms with Crippen LogP contribution in [-0.4, -0.2) is 11.9 Å². The minimum absolute atomic E-state index is 0.111. The Morgan fingerprint density at radius 3 is 2.93 bits per heavy atom. The van der Waals surface area contributed by atoms with E-state index < -0.39 is 6.10 Å². The van der Waals surface area contributed by atoms with Crippen LogP contribution in [0.3, 0.4) is 0 Å². The van der Waals surface area contributed by atoms with E-state index in [1.54, 1.807) is 0 Å². The van der Waals surface area contributed by atoms with Gasteiger partial charge in [-0.05, 0) is 19.1 Å². The van der Waals surface area contributed by atoms with Crippen molar-refractivity contribution in [1.29, 1.82) is 0 Å². The molecule has 0 aliphatic carbocycles. The van der Waals surface area contributed by atoms with Gasteiger partial charge in [-0.15, -0.1) is 0 Å². The number of ketones is 1. The van der Waals surface area contributed by atoms with Gasteiger partial charge in [-0.3, -0.25) is 4.79 Å². The van der Waals surface area contributed by atoms with E-state index in [0.717, 1.165) is 0 Å². The Bertz CT molecular complexity index is 372. The predicted octanol–water partition coefficient (Wildman–Crippen LogP) is 1.30. The highest BCUT2D eigenvalue weighted by Gasteiger charge is 2.30. The molecule has 1 aliphatic heterocycles. The number of carbonyl (C=O) groups excluding carboxylic acids is 1. The lowest BCUT2D eigenvalue weighted by atomic mass is 10.1. The molecule has 0 amide bonds. The SMILES string of the molecule is CC(=O)C1Cc2c(F)ccc(N)c2O1. The van der Waals surface area contributed by atoms with Crippen molar-refractivity contribution in [1.82, 2.24) is 0 Å². The van der Waals surface area contributed by atoms with Crippen LogP contribution in [0.4, 0.5) is 10.1 Å². The minimum atomic E-state index is -0.579. The smallest absolute Gasteiger partial charge is 0.170 e. The van der Waals surface area contributed by atoms with Crippen molar-refractivity contribution >= 4 is 11.5 Å². The topological polar surface area (TPSA) is 52.3 Å². The van der Waals surface area contributed by atoms with Crippen LogP contribution in [0.5, 0.6) is 5.75 Å². The molecule has 0 fully saturated rings. The summed E-state index contributed by atoms with van der Waals surface area (Å²) in [6, 6.07) is 2.73. The normalized spacial score (nSPS) is 18.9. The molecule has 0 saturated heterocycles. The van der Waals surface area contributed by atoms with Gasteiger partial charge in [0, 0.05) is 12.0 Å². The first-order chi connectivity index (χ1) is 6.59. The van der Waals surface area contributed by atoms with E-state index in [1.165, 1.54) is 19.1 Å². The number of hydrogen-bond acceptors (Lipinski definition) is 3. The molecule has 0 radical (unpaired) electrons. The summed E-state index contributed by atoms with van der Waals surface area (Å²) in [6.07, 6.45) is -0.300. The van der Waals surface area contributed by atoms with Gasteiger partial charge >= 0.3 is 0 Å². The van der Waals surface area contributed by atoms with Crippen LogP contribution in [0.1, 0.15) is 12.5 Å². The van der Waals surface area contributed by atoms with Crippen LogP contribution < -0.4 is 10.5 Å². The first-order valence-electron chi connectivity index (χ1n) is 4.33. The first kappa shape index (κ1) is 8.99. The number of rotatable bonds is 1. The molecule has 2 N–H and O–H groups in total. The van der Waals surface area contributed by atoms with Gasteiger partial charge in [0.25, 0.3) is 0 Å². The fourth-order valence-electron chi connectivity index (χ4n) is 1.55. The maximum atomic E-state index is 13.3. The third kappa shape index (κ3) is 1.23. The minimum Gasteiger partial charge on any atom is -0.480 e. The van der Waals surface area contributed by atoms with Gasteiger partial charge in [-0.2, -0.15) is 0 Å². The molecule has 1 aromatic rings. The summed E-state index contributed by atoms with van der Waals surface area (Å²) in [5.41, 5.74) is 6.39. The number of nitrogen functional groups attached to an aromatic ring is 1. The summed E-state index contributed by atoms with van der Waals surface area (Å²) >= 11 is 0. The van der Waals surface area contributed by atoms with E-state index >= 15 is 0 Å². The number of fused-ring (bicyclic) bond motifs is 1. The number of carbonyl (C=O) groups is 1. The molecule has 0 aromatic heterocycles. The second-order valence-corrected chi connectivity index (χ2v) is 3.37. The Morgan fingerprint density at radius 2 is 2.36 bits per heavy atom. The van der Waals surface area contributed by atoms with Crippen LogP contribution in [0.15, 0.2) is 12.1 Å². The Labute approximate surface area is 80.7 Å². The molecule has 1 heterocycles. The van der Waals surface area contributed by atoms with Gasteiger partial charge in [0.1, 0.15) is 11.6 Å². The van der Waals surface area contributed by atoms with Crippen LogP contribution in [0.25, 0.3) is 0 Å². The summed E-state index contributed by atoms with van der Waals surface area (Å²) in [5, 5.41) is 0. The Balaban J connectivity index is 2.43. The lowest BCUT2D eigenvalue weighted by molar-refractivity contribution is -0.122. The lowest BCUT2D eigenvalue weighted by Crippen LogP contribution is -2.22. The van der Waals surface area contributed by atoms with Crippen LogP contribution >= 0.6 is 0 Å². The number of halogens is 1. The highest BCUT2D eigenvalue weighted by Crippen LogP contribution is 2.36. The van der Waals surface area contributed by atoms with Gasteiger partial charge in [-0.1, -0.05) is 0 Å². The Morgan fingerprint density at radius 1 is 1.64 bits per heavy atom. The number of benzene rings is 1. The second kappa shape index (κ2) is 2.97. The van der Waals surface area contributed by atoms with E-state index in [9.17, 15) is 9.18 Å². The van der Waals surface area contributed by atoms with Crippen molar-refractivity contribution in [3.8, 4) is 5.75 Å². The molecule has 1 atom stereocenters. The average Bonchev–Trinajstić information content (AvgIpc) is 2.57. The zero-order chi connectivity index (χ0) is 10.3. The van der Waals surface area contributed by atoms with E-state index in [1.807, 2.05) is 0 Å². The molecule has 74 valence electrons. The number of Topliss-reactive ketones (excluding diaryl/α,β-unsaturated/α-hetero) is 1. The van der Waals surface area contributed by atoms with E-state index in [-0.39, 0.29) is 18.0 Å². The van der Waals surface area contributed by atoms with Gasteiger partial charge in [0.15, 0.2) is 11.9 Å². The van der Waals surface area contributed by atoms with Crippen LogP contribution in [0.2, 0.25) is 0 Å². The highest BCUT2D eigenvalue weighted by molar-refractivity contribution is 5.83. The van der Waals surface area contributed by atoms with E-state index in [2.05, 4.69) is 0 Å². The van der Waals surface area contributed by atoms with Crippen molar-refractivity contribution in [2.75, 3.05) is 5.73 Å². The largest absolute Gasteiger partial charge is 0.480 e. The average molecular weight is 195 g/mol. The molecule has 2 rings (SSSR count). The van der Waals surface area contributed by atoms with Gasteiger partial charge in [0.2, 0.25) is 0 Å². The molecule has 1 aromatic carbocycles. The van der Waals surface area contributed by atoms with Gasteiger partial charge < -0.3 is 10.5 Å². The van der Waals surface area contributed by atoms with Crippen molar-refractivity contribution in [3.63, 3.8) is 0 Å². The molecule has 3 nitrogen and oxygen atoms in total. The molecular formula is C10H10FNO2. The third-order valence-corrected chi connectivity index (χ3v) is 2.34. The summed E-state index contributed by atoms with van der Waals surface area (Å²) in [7, 11) is 0. The van der Waals surface area contributed by atoms with E-state index in [4.69, 9.17) is 10.5 Å². The van der Waals surface area contributed by atoms with E-state index in [0.29, 0.717) is 17.0 Å². The predicted molar refractivity (Wildman–Crippen MR) is 49.6 cm³/mol. The molecular weight excluding hydrogens is 185 g/mol. The van der Waals surface area contributed by atoms with Crippen molar-refractivity contribution in [3.05, 3.63) is 23.5 Å².